The number of nitrogens with zero attached hydrogens (tertiary/aromatic N) is 2. The van der Waals surface area contributed by atoms with Crippen molar-refractivity contribution in [2.75, 3.05) is 36.8 Å². The molecular weight excluding hydrogens is 526 g/mol. The van der Waals surface area contributed by atoms with Crippen molar-refractivity contribution in [1.29, 1.82) is 0 Å². The molecule has 1 saturated heterocycles. The highest BCUT2D eigenvalue weighted by Gasteiger charge is 2.32. The van der Waals surface area contributed by atoms with Gasteiger partial charge in [0.2, 0.25) is 10.0 Å². The lowest BCUT2D eigenvalue weighted by atomic mass is 10.00. The molecule has 1 aliphatic rings. The van der Waals surface area contributed by atoms with Gasteiger partial charge in [-0.25, -0.2) is 17.5 Å². The highest BCUT2D eigenvalue weighted by molar-refractivity contribution is 7.90. The van der Waals surface area contributed by atoms with Crippen molar-refractivity contribution in [3.63, 3.8) is 0 Å². The summed E-state index contributed by atoms with van der Waals surface area (Å²) in [5.41, 5.74) is 1.75. The third kappa shape index (κ3) is 7.23. The van der Waals surface area contributed by atoms with E-state index in [9.17, 15) is 30.8 Å². The van der Waals surface area contributed by atoms with E-state index in [1.165, 1.54) is 37.3 Å². The van der Waals surface area contributed by atoms with Crippen LogP contribution in [0, 0.1) is 5.82 Å². The maximum Gasteiger partial charge on any atom is 0.573 e. The summed E-state index contributed by atoms with van der Waals surface area (Å²) >= 11 is 5.96. The van der Waals surface area contributed by atoms with Crippen molar-refractivity contribution in [1.82, 2.24) is 9.62 Å². The van der Waals surface area contributed by atoms with E-state index in [0.717, 1.165) is 5.56 Å². The second-order valence-corrected chi connectivity index (χ2v) is 10.6. The number of piperazine rings is 1. The third-order valence-electron chi connectivity index (χ3n) is 5.82. The smallest absolute Gasteiger partial charge is 0.404 e. The average molecular weight is 552 g/mol. The van der Waals surface area contributed by atoms with Gasteiger partial charge in [-0.1, -0.05) is 18.5 Å². The van der Waals surface area contributed by atoms with Crippen LogP contribution < -0.4 is 14.4 Å². The average Bonchev–Trinajstić information content (AvgIpc) is 2.80. The summed E-state index contributed by atoms with van der Waals surface area (Å²) in [4.78, 5) is 16.3. The first kappa shape index (κ1) is 28.0. The Balaban J connectivity index is 1.66. The molecule has 1 aliphatic heterocycles. The van der Waals surface area contributed by atoms with Crippen LogP contribution in [0.1, 0.15) is 35.3 Å². The zero-order valence-corrected chi connectivity index (χ0v) is 21.2. The summed E-state index contributed by atoms with van der Waals surface area (Å²) in [5.74, 6) is -2.58. The Bertz CT molecular complexity index is 1220. The molecule has 1 N–H and O–H groups in total. The van der Waals surface area contributed by atoms with Gasteiger partial charge in [-0.05, 0) is 54.8 Å². The van der Waals surface area contributed by atoms with Crippen molar-refractivity contribution < 1.29 is 35.5 Å². The Kier molecular flexibility index (Phi) is 8.73. The number of amides is 1. The molecule has 0 bridgehead atoms. The standard InChI is InChI=1S/C23H26ClF4N3O4S/c1-3-15-11-18(22(32)29-36(33,34)4-2)20(25)12-16(15)14-30-7-9-31(10-8-30)17-5-6-21(19(24)13-17)35-23(26,27)28/h5-6,11-13H,3-4,7-10,14H2,1-2H3,(H,29,32). The SMILES string of the molecule is CCc1cc(C(=O)NS(=O)(=O)CC)c(F)cc1CN1CCN(c2ccc(OC(F)(F)F)c(Cl)c2)CC1. The molecule has 0 spiro atoms. The fraction of sp³-hybridized carbons (Fsp3) is 0.435. The number of anilines is 1. The van der Waals surface area contributed by atoms with Crippen molar-refractivity contribution in [2.45, 2.75) is 33.2 Å². The van der Waals surface area contributed by atoms with Crippen LogP contribution in [0.4, 0.5) is 23.2 Å². The molecule has 0 aliphatic carbocycles. The number of rotatable bonds is 8. The molecule has 1 heterocycles. The first-order valence-corrected chi connectivity index (χ1v) is 13.2. The molecule has 7 nitrogen and oxygen atoms in total. The van der Waals surface area contributed by atoms with E-state index in [2.05, 4.69) is 9.64 Å². The highest BCUT2D eigenvalue weighted by Crippen LogP contribution is 2.33. The lowest BCUT2D eigenvalue weighted by molar-refractivity contribution is -0.274. The molecule has 36 heavy (non-hydrogen) atoms. The van der Waals surface area contributed by atoms with Crippen LogP contribution in [0.2, 0.25) is 5.02 Å². The number of aryl methyl sites for hydroxylation is 1. The van der Waals surface area contributed by atoms with E-state index < -0.39 is 33.9 Å². The van der Waals surface area contributed by atoms with E-state index in [-0.39, 0.29) is 16.3 Å². The minimum atomic E-state index is -4.83. The number of carbonyl (C=O) groups excluding carboxylic acids is 1. The summed E-state index contributed by atoms with van der Waals surface area (Å²) in [6, 6.07) is 6.75. The molecule has 0 saturated carbocycles. The van der Waals surface area contributed by atoms with Crippen molar-refractivity contribution >= 4 is 33.2 Å². The maximum absolute atomic E-state index is 14.7. The first-order chi connectivity index (χ1) is 16.8. The van der Waals surface area contributed by atoms with Gasteiger partial charge in [0.05, 0.1) is 16.3 Å². The molecule has 0 unspecified atom stereocenters. The Hall–Kier alpha value is -2.57. The quantitative estimate of drug-likeness (QED) is 0.492. The minimum absolute atomic E-state index is 0.147. The van der Waals surface area contributed by atoms with Crippen LogP contribution in [-0.2, 0) is 23.0 Å². The Labute approximate surface area is 212 Å². The van der Waals surface area contributed by atoms with Crippen LogP contribution in [0.5, 0.6) is 5.75 Å². The Morgan fingerprint density at radius 2 is 1.75 bits per heavy atom. The van der Waals surface area contributed by atoms with Gasteiger partial charge in [-0.15, -0.1) is 13.2 Å². The topological polar surface area (TPSA) is 79.0 Å². The molecule has 13 heteroatoms. The number of alkyl halides is 3. The summed E-state index contributed by atoms with van der Waals surface area (Å²) in [6.07, 6.45) is -4.32. The van der Waals surface area contributed by atoms with Gasteiger partial charge in [0.25, 0.3) is 5.91 Å². The Morgan fingerprint density at radius 3 is 2.31 bits per heavy atom. The predicted molar refractivity (Wildman–Crippen MR) is 128 cm³/mol. The maximum atomic E-state index is 14.7. The Morgan fingerprint density at radius 1 is 1.08 bits per heavy atom. The number of hydrogen-bond acceptors (Lipinski definition) is 6. The normalized spacial score (nSPS) is 15.1. The van der Waals surface area contributed by atoms with Crippen molar-refractivity contribution in [2.24, 2.45) is 0 Å². The van der Waals surface area contributed by atoms with Gasteiger partial charge in [0, 0.05) is 38.4 Å². The number of benzene rings is 2. The molecule has 1 fully saturated rings. The van der Waals surface area contributed by atoms with Crippen LogP contribution in [0.25, 0.3) is 0 Å². The lowest BCUT2D eigenvalue weighted by Gasteiger charge is -2.36. The van der Waals surface area contributed by atoms with Gasteiger partial charge in [-0.3, -0.25) is 9.69 Å². The van der Waals surface area contributed by atoms with Crippen LogP contribution in [0.3, 0.4) is 0 Å². The summed E-state index contributed by atoms with van der Waals surface area (Å²) < 4.78 is 81.2. The van der Waals surface area contributed by atoms with Crippen molar-refractivity contribution in [3.8, 4) is 5.75 Å². The van der Waals surface area contributed by atoms with Gasteiger partial charge < -0.3 is 9.64 Å². The van der Waals surface area contributed by atoms with Crippen LogP contribution in [0.15, 0.2) is 30.3 Å². The number of halogens is 5. The molecule has 2 aromatic carbocycles. The van der Waals surface area contributed by atoms with Gasteiger partial charge in [0.15, 0.2) is 0 Å². The third-order valence-corrected chi connectivity index (χ3v) is 7.37. The fourth-order valence-corrected chi connectivity index (χ4v) is 4.63. The lowest BCUT2D eigenvalue weighted by Crippen LogP contribution is -2.46. The first-order valence-electron chi connectivity index (χ1n) is 11.2. The van der Waals surface area contributed by atoms with Gasteiger partial charge in [0.1, 0.15) is 11.6 Å². The largest absolute Gasteiger partial charge is 0.573 e. The van der Waals surface area contributed by atoms with E-state index in [1.807, 2.05) is 16.5 Å². The molecule has 198 valence electrons. The molecule has 0 aromatic heterocycles. The molecule has 2 aromatic rings. The second kappa shape index (κ2) is 11.2. The number of carbonyl (C=O) groups is 1. The molecule has 1 amide bonds. The zero-order chi connectivity index (χ0) is 26.7. The van der Waals surface area contributed by atoms with Gasteiger partial charge in [-0.2, -0.15) is 0 Å². The zero-order valence-electron chi connectivity index (χ0n) is 19.7. The van der Waals surface area contributed by atoms with E-state index in [1.54, 1.807) is 0 Å². The van der Waals surface area contributed by atoms with Crippen LogP contribution in [-0.4, -0.2) is 57.5 Å². The molecule has 0 atom stereocenters. The molecule has 3 rings (SSSR count). The minimum Gasteiger partial charge on any atom is -0.404 e. The monoisotopic (exact) mass is 551 g/mol. The summed E-state index contributed by atoms with van der Waals surface area (Å²) in [7, 11) is -3.82. The predicted octanol–water partition coefficient (Wildman–Crippen LogP) is 4.34. The van der Waals surface area contributed by atoms with Gasteiger partial charge >= 0.3 is 6.36 Å². The number of sulfonamides is 1. The highest BCUT2D eigenvalue weighted by atomic mass is 35.5. The number of hydrogen-bond donors (Lipinski definition) is 1. The summed E-state index contributed by atoms with van der Waals surface area (Å²) in [6.45, 7) is 5.97. The van der Waals surface area contributed by atoms with Crippen molar-refractivity contribution in [3.05, 3.63) is 57.9 Å². The molecular formula is C23H26ClF4N3O4S. The fourth-order valence-electron chi connectivity index (χ4n) is 3.88. The number of ether oxygens (including phenoxy) is 1. The molecule has 0 radical (unpaired) electrons. The second-order valence-electron chi connectivity index (χ2n) is 8.21. The van der Waals surface area contributed by atoms with E-state index >= 15 is 0 Å². The van der Waals surface area contributed by atoms with E-state index in [0.29, 0.717) is 50.4 Å². The summed E-state index contributed by atoms with van der Waals surface area (Å²) in [5, 5.41) is -0.147. The number of nitrogens with one attached hydrogen (secondary N) is 1. The van der Waals surface area contributed by atoms with E-state index in [4.69, 9.17) is 11.6 Å². The van der Waals surface area contributed by atoms with Crippen LogP contribution >= 0.6 is 11.6 Å².